The number of rotatable bonds is 6. The second kappa shape index (κ2) is 6.79. The van der Waals surface area contributed by atoms with Crippen molar-refractivity contribution in [2.24, 2.45) is 0 Å². The summed E-state index contributed by atoms with van der Waals surface area (Å²) in [5, 5.41) is 0. The molecular formula is C10H20ClNO3S. The number of sulfone groups is 1. The van der Waals surface area contributed by atoms with Crippen molar-refractivity contribution in [1.82, 2.24) is 4.90 Å². The van der Waals surface area contributed by atoms with Crippen LogP contribution in [-0.4, -0.2) is 63.0 Å². The average molecular weight is 270 g/mol. The van der Waals surface area contributed by atoms with Gasteiger partial charge in [-0.15, -0.1) is 11.6 Å². The van der Waals surface area contributed by atoms with Crippen LogP contribution >= 0.6 is 11.6 Å². The summed E-state index contributed by atoms with van der Waals surface area (Å²) in [5.74, 6) is 1.05. The number of hydrogen-bond donors (Lipinski definition) is 0. The summed E-state index contributed by atoms with van der Waals surface area (Å²) in [6, 6.07) is 0.236. The van der Waals surface area contributed by atoms with E-state index in [1.165, 1.54) is 0 Å². The normalized spacial score (nSPS) is 23.5. The van der Waals surface area contributed by atoms with Crippen molar-refractivity contribution in [3.8, 4) is 0 Å². The lowest BCUT2D eigenvalue weighted by molar-refractivity contribution is 0.00132. The first-order chi connectivity index (χ1) is 7.59. The summed E-state index contributed by atoms with van der Waals surface area (Å²) in [6.07, 6.45) is 0.684. The lowest BCUT2D eigenvalue weighted by Gasteiger charge is -2.34. The minimum Gasteiger partial charge on any atom is -0.378 e. The molecule has 1 aliphatic rings. The molecule has 4 nitrogen and oxygen atoms in total. The molecule has 6 heteroatoms. The predicted octanol–water partition coefficient (Wildman–Crippen LogP) is 0.751. The van der Waals surface area contributed by atoms with E-state index >= 15 is 0 Å². The molecule has 0 aliphatic carbocycles. The lowest BCUT2D eigenvalue weighted by atomic mass is 10.2. The average Bonchev–Trinajstić information content (AvgIpc) is 2.29. The third-order valence-corrected chi connectivity index (χ3v) is 5.01. The molecule has 0 amide bonds. The van der Waals surface area contributed by atoms with Gasteiger partial charge in [0, 0.05) is 24.2 Å². The third kappa shape index (κ3) is 4.57. The number of alkyl halides is 1. The van der Waals surface area contributed by atoms with Crippen LogP contribution in [0.3, 0.4) is 0 Å². The Morgan fingerprint density at radius 3 is 2.88 bits per heavy atom. The zero-order valence-electron chi connectivity index (χ0n) is 9.69. The Bertz CT molecular complexity index is 294. The lowest BCUT2D eigenvalue weighted by Crippen LogP contribution is -2.47. The van der Waals surface area contributed by atoms with Gasteiger partial charge in [-0.1, -0.05) is 6.92 Å². The number of hydrogen-bond acceptors (Lipinski definition) is 4. The topological polar surface area (TPSA) is 46.6 Å². The smallest absolute Gasteiger partial charge is 0.150 e. The van der Waals surface area contributed by atoms with Crippen LogP contribution in [0.1, 0.15) is 13.3 Å². The highest BCUT2D eigenvalue weighted by molar-refractivity contribution is 7.91. The summed E-state index contributed by atoms with van der Waals surface area (Å²) in [4.78, 5) is 2.22. The molecule has 1 heterocycles. The molecule has 1 fully saturated rings. The predicted molar refractivity (Wildman–Crippen MR) is 65.8 cm³/mol. The van der Waals surface area contributed by atoms with Crippen LogP contribution in [-0.2, 0) is 14.6 Å². The van der Waals surface area contributed by atoms with Crippen molar-refractivity contribution in [2.45, 2.75) is 19.4 Å². The SMILES string of the molecule is CCS(=O)(=O)CCCN1CCOCC1CCl. The number of ether oxygens (including phenoxy) is 1. The van der Waals surface area contributed by atoms with Gasteiger partial charge >= 0.3 is 0 Å². The number of morpholine rings is 1. The molecule has 1 rings (SSSR count). The van der Waals surface area contributed by atoms with Gasteiger partial charge in [0.05, 0.1) is 19.0 Å². The van der Waals surface area contributed by atoms with E-state index in [9.17, 15) is 8.42 Å². The van der Waals surface area contributed by atoms with Gasteiger partial charge < -0.3 is 4.74 Å². The van der Waals surface area contributed by atoms with E-state index in [0.717, 1.165) is 13.1 Å². The monoisotopic (exact) mass is 269 g/mol. The van der Waals surface area contributed by atoms with E-state index in [1.54, 1.807) is 6.92 Å². The fourth-order valence-corrected chi connectivity index (χ4v) is 2.90. The zero-order chi connectivity index (χ0) is 12.0. The van der Waals surface area contributed by atoms with Crippen LogP contribution in [0.2, 0.25) is 0 Å². The fourth-order valence-electron chi connectivity index (χ4n) is 1.76. The summed E-state index contributed by atoms with van der Waals surface area (Å²) in [7, 11) is -2.84. The third-order valence-electron chi connectivity index (χ3n) is 2.87. The second-order valence-electron chi connectivity index (χ2n) is 4.01. The van der Waals surface area contributed by atoms with Gasteiger partial charge in [-0.05, 0) is 13.0 Å². The Labute approximate surface area is 103 Å². The molecule has 1 saturated heterocycles. The molecular weight excluding hydrogens is 250 g/mol. The summed E-state index contributed by atoms with van der Waals surface area (Å²) >= 11 is 5.83. The Balaban J connectivity index is 2.30. The molecule has 0 bridgehead atoms. The molecule has 96 valence electrons. The van der Waals surface area contributed by atoms with Crippen molar-refractivity contribution in [2.75, 3.05) is 43.7 Å². The molecule has 1 atom stereocenters. The first-order valence-corrected chi connectivity index (χ1v) is 8.03. The van der Waals surface area contributed by atoms with Crippen LogP contribution in [0.5, 0.6) is 0 Å². The highest BCUT2D eigenvalue weighted by Crippen LogP contribution is 2.09. The Kier molecular flexibility index (Phi) is 6.03. The van der Waals surface area contributed by atoms with E-state index < -0.39 is 9.84 Å². The number of nitrogens with zero attached hydrogens (tertiary/aromatic N) is 1. The molecule has 0 aromatic heterocycles. The first kappa shape index (κ1) is 14.2. The fraction of sp³-hybridized carbons (Fsp3) is 1.00. The van der Waals surface area contributed by atoms with E-state index in [2.05, 4.69) is 4.90 Å². The van der Waals surface area contributed by atoms with E-state index in [0.29, 0.717) is 25.5 Å². The Morgan fingerprint density at radius 2 is 2.25 bits per heavy atom. The van der Waals surface area contributed by atoms with Crippen LogP contribution in [0.25, 0.3) is 0 Å². The highest BCUT2D eigenvalue weighted by Gasteiger charge is 2.22. The summed E-state index contributed by atoms with van der Waals surface area (Å²) in [5.41, 5.74) is 0. The molecule has 0 aromatic rings. The highest BCUT2D eigenvalue weighted by atomic mass is 35.5. The molecule has 0 spiro atoms. The maximum absolute atomic E-state index is 11.3. The first-order valence-electron chi connectivity index (χ1n) is 5.67. The molecule has 0 saturated carbocycles. The van der Waals surface area contributed by atoms with Gasteiger partial charge in [0.15, 0.2) is 0 Å². The summed E-state index contributed by atoms with van der Waals surface area (Å²) < 4.78 is 28.0. The number of halogens is 1. The van der Waals surface area contributed by atoms with Crippen molar-refractivity contribution < 1.29 is 13.2 Å². The van der Waals surface area contributed by atoms with Crippen molar-refractivity contribution >= 4 is 21.4 Å². The van der Waals surface area contributed by atoms with E-state index in [-0.39, 0.29) is 17.5 Å². The molecule has 0 radical (unpaired) electrons. The van der Waals surface area contributed by atoms with E-state index in [4.69, 9.17) is 16.3 Å². The van der Waals surface area contributed by atoms with Gasteiger partial charge in [-0.3, -0.25) is 4.90 Å². The van der Waals surface area contributed by atoms with Gasteiger partial charge in [0.2, 0.25) is 0 Å². The van der Waals surface area contributed by atoms with Crippen molar-refractivity contribution in [3.05, 3.63) is 0 Å². The second-order valence-corrected chi connectivity index (χ2v) is 6.79. The molecule has 1 unspecified atom stereocenters. The summed E-state index contributed by atoms with van der Waals surface area (Å²) in [6.45, 7) is 4.70. The zero-order valence-corrected chi connectivity index (χ0v) is 11.3. The quantitative estimate of drug-likeness (QED) is 0.668. The standard InChI is InChI=1S/C10H20ClNO3S/c1-2-16(13,14)7-3-4-12-5-6-15-9-10(12)8-11/h10H,2-9H2,1H3. The minimum atomic E-state index is -2.84. The van der Waals surface area contributed by atoms with Crippen molar-refractivity contribution in [1.29, 1.82) is 0 Å². The van der Waals surface area contributed by atoms with Gasteiger partial charge in [-0.2, -0.15) is 0 Å². The molecule has 0 N–H and O–H groups in total. The molecule has 0 aromatic carbocycles. The van der Waals surface area contributed by atoms with Crippen LogP contribution in [0.4, 0.5) is 0 Å². The van der Waals surface area contributed by atoms with E-state index in [1.807, 2.05) is 0 Å². The van der Waals surface area contributed by atoms with Crippen molar-refractivity contribution in [3.63, 3.8) is 0 Å². The van der Waals surface area contributed by atoms with Crippen LogP contribution in [0, 0.1) is 0 Å². The molecule has 1 aliphatic heterocycles. The molecule has 16 heavy (non-hydrogen) atoms. The van der Waals surface area contributed by atoms with Gasteiger partial charge in [0.1, 0.15) is 9.84 Å². The minimum absolute atomic E-state index is 0.231. The largest absolute Gasteiger partial charge is 0.378 e. The Morgan fingerprint density at radius 1 is 1.50 bits per heavy atom. The van der Waals surface area contributed by atoms with Crippen LogP contribution < -0.4 is 0 Å². The Hall–Kier alpha value is 0.160. The maximum atomic E-state index is 11.3. The maximum Gasteiger partial charge on any atom is 0.150 e. The van der Waals surface area contributed by atoms with Crippen LogP contribution in [0.15, 0.2) is 0 Å². The van der Waals surface area contributed by atoms with Gasteiger partial charge in [-0.25, -0.2) is 8.42 Å². The van der Waals surface area contributed by atoms with Gasteiger partial charge in [0.25, 0.3) is 0 Å².